The van der Waals surface area contributed by atoms with Gasteiger partial charge in [-0.15, -0.1) is 16.8 Å². The molecule has 3 rings (SSSR count). The Morgan fingerprint density at radius 2 is 1.93 bits per heavy atom. The normalized spacial score (nSPS) is 10.6. The Balaban J connectivity index is 1.70. The van der Waals surface area contributed by atoms with Crippen molar-refractivity contribution in [2.24, 2.45) is 0 Å². The molecule has 0 spiro atoms. The molecule has 0 atom stereocenters. The summed E-state index contributed by atoms with van der Waals surface area (Å²) in [4.78, 5) is 12.3. The van der Waals surface area contributed by atoms with Crippen molar-refractivity contribution >= 4 is 40.9 Å². The average molecular weight is 463 g/mol. The van der Waals surface area contributed by atoms with Crippen molar-refractivity contribution in [2.45, 2.75) is 18.2 Å². The van der Waals surface area contributed by atoms with Crippen LogP contribution in [0.2, 0.25) is 10.0 Å². The summed E-state index contributed by atoms with van der Waals surface area (Å²) in [6.45, 7) is 4.71. The second-order valence-corrected chi connectivity index (χ2v) is 8.06. The van der Waals surface area contributed by atoms with Gasteiger partial charge in [-0.25, -0.2) is 0 Å². The number of aromatic nitrogens is 3. The summed E-state index contributed by atoms with van der Waals surface area (Å²) in [5.74, 6) is 1.33. The van der Waals surface area contributed by atoms with Gasteiger partial charge in [-0.05, 0) is 35.9 Å². The summed E-state index contributed by atoms with van der Waals surface area (Å²) in [5.41, 5.74) is 1.70. The van der Waals surface area contributed by atoms with Crippen LogP contribution in [0.3, 0.4) is 0 Å². The summed E-state index contributed by atoms with van der Waals surface area (Å²) in [5, 5.41) is 13.3. The van der Waals surface area contributed by atoms with Crippen molar-refractivity contribution in [1.82, 2.24) is 20.1 Å². The van der Waals surface area contributed by atoms with Crippen LogP contribution >= 0.6 is 35.0 Å². The molecule has 0 aliphatic heterocycles. The van der Waals surface area contributed by atoms with E-state index in [2.05, 4.69) is 22.1 Å². The van der Waals surface area contributed by atoms with E-state index in [0.29, 0.717) is 39.9 Å². The van der Waals surface area contributed by atoms with Crippen molar-refractivity contribution in [3.8, 4) is 17.1 Å². The van der Waals surface area contributed by atoms with E-state index in [9.17, 15) is 4.79 Å². The molecule has 0 aliphatic carbocycles. The molecule has 0 bridgehead atoms. The van der Waals surface area contributed by atoms with Crippen molar-refractivity contribution in [2.75, 3.05) is 12.9 Å². The lowest BCUT2D eigenvalue weighted by molar-refractivity contribution is -0.118. The quantitative estimate of drug-likeness (QED) is 0.363. The second kappa shape index (κ2) is 10.5. The molecule has 1 heterocycles. The minimum absolute atomic E-state index is 0.106. The molecule has 1 amide bonds. The number of thioether (sulfide) groups is 1. The fourth-order valence-corrected chi connectivity index (χ4v) is 3.80. The minimum atomic E-state index is -0.106. The van der Waals surface area contributed by atoms with Gasteiger partial charge < -0.3 is 10.1 Å². The lowest BCUT2D eigenvalue weighted by Crippen LogP contribution is -2.24. The van der Waals surface area contributed by atoms with Crippen LogP contribution in [-0.2, 0) is 17.9 Å². The topological polar surface area (TPSA) is 69.0 Å². The number of nitrogens with zero attached hydrogens (tertiary/aromatic N) is 3. The number of hydrogen-bond acceptors (Lipinski definition) is 5. The van der Waals surface area contributed by atoms with Gasteiger partial charge in [0.15, 0.2) is 11.0 Å². The smallest absolute Gasteiger partial charge is 0.230 e. The van der Waals surface area contributed by atoms with Crippen molar-refractivity contribution < 1.29 is 9.53 Å². The van der Waals surface area contributed by atoms with Crippen LogP contribution in [0.25, 0.3) is 11.4 Å². The van der Waals surface area contributed by atoms with E-state index in [1.807, 2.05) is 16.7 Å². The number of methoxy groups -OCH3 is 1. The first-order chi connectivity index (χ1) is 14.5. The van der Waals surface area contributed by atoms with Crippen LogP contribution in [0.4, 0.5) is 0 Å². The van der Waals surface area contributed by atoms with Gasteiger partial charge in [0, 0.05) is 23.1 Å². The van der Waals surface area contributed by atoms with Crippen LogP contribution in [0.5, 0.6) is 5.75 Å². The predicted molar refractivity (Wildman–Crippen MR) is 121 cm³/mol. The number of hydrogen-bond donors (Lipinski definition) is 1. The standard InChI is InChI=1S/C21H20Cl2N4O2S/c1-3-10-27-20(17-11-16(23)8-9-18(17)29-2)25-26-21(27)30-13-19(28)24-12-14-4-6-15(22)7-5-14/h3-9,11H,1,10,12-13H2,2H3,(H,24,28). The van der Waals surface area contributed by atoms with E-state index in [1.54, 1.807) is 43.5 Å². The van der Waals surface area contributed by atoms with Gasteiger partial charge in [-0.1, -0.05) is 53.2 Å². The lowest BCUT2D eigenvalue weighted by Gasteiger charge is -2.11. The SMILES string of the molecule is C=CCn1c(SCC(=O)NCc2ccc(Cl)cc2)nnc1-c1cc(Cl)ccc1OC. The molecule has 0 saturated heterocycles. The molecule has 0 fully saturated rings. The first kappa shape index (κ1) is 22.2. The Bertz CT molecular complexity index is 1040. The number of carbonyl (C=O) groups excluding carboxylic acids is 1. The van der Waals surface area contributed by atoms with Crippen LogP contribution in [0.1, 0.15) is 5.56 Å². The number of ether oxygens (including phenoxy) is 1. The zero-order chi connectivity index (χ0) is 21.5. The summed E-state index contributed by atoms with van der Waals surface area (Å²) in [7, 11) is 1.58. The fourth-order valence-electron chi connectivity index (χ4n) is 2.73. The van der Waals surface area contributed by atoms with E-state index < -0.39 is 0 Å². The maximum atomic E-state index is 12.3. The number of nitrogens with one attached hydrogen (secondary N) is 1. The summed E-state index contributed by atoms with van der Waals surface area (Å²) >= 11 is 13.3. The summed E-state index contributed by atoms with van der Waals surface area (Å²) < 4.78 is 7.31. The van der Waals surface area contributed by atoms with E-state index in [1.165, 1.54) is 11.8 Å². The second-order valence-electron chi connectivity index (χ2n) is 6.24. The van der Waals surface area contributed by atoms with Crippen LogP contribution in [0, 0.1) is 0 Å². The lowest BCUT2D eigenvalue weighted by atomic mass is 10.2. The Labute approximate surface area is 189 Å². The number of benzene rings is 2. The van der Waals surface area contributed by atoms with Gasteiger partial charge >= 0.3 is 0 Å². The molecular weight excluding hydrogens is 443 g/mol. The molecule has 1 N–H and O–H groups in total. The average Bonchev–Trinajstić information content (AvgIpc) is 3.14. The van der Waals surface area contributed by atoms with Gasteiger partial charge in [0.05, 0.1) is 18.4 Å². The molecule has 0 unspecified atom stereocenters. The van der Waals surface area contributed by atoms with Gasteiger partial charge in [-0.2, -0.15) is 0 Å². The Hall–Kier alpha value is -2.48. The molecular formula is C21H20Cl2N4O2S. The minimum Gasteiger partial charge on any atom is -0.496 e. The molecule has 156 valence electrons. The molecule has 0 saturated carbocycles. The third kappa shape index (κ3) is 5.56. The molecule has 9 heteroatoms. The van der Waals surface area contributed by atoms with Gasteiger partial charge in [0.25, 0.3) is 0 Å². The molecule has 6 nitrogen and oxygen atoms in total. The van der Waals surface area contributed by atoms with E-state index in [4.69, 9.17) is 27.9 Å². The van der Waals surface area contributed by atoms with Crippen molar-refractivity contribution in [1.29, 1.82) is 0 Å². The predicted octanol–water partition coefficient (Wildman–Crippen LogP) is 4.86. The van der Waals surface area contributed by atoms with Gasteiger partial charge in [0.1, 0.15) is 5.75 Å². The maximum Gasteiger partial charge on any atom is 0.230 e. The third-order valence-corrected chi connectivity index (χ3v) is 5.62. The molecule has 0 aliphatic rings. The summed E-state index contributed by atoms with van der Waals surface area (Å²) in [6.07, 6.45) is 1.74. The summed E-state index contributed by atoms with van der Waals surface area (Å²) in [6, 6.07) is 12.6. The zero-order valence-electron chi connectivity index (χ0n) is 16.3. The Morgan fingerprint density at radius 1 is 1.20 bits per heavy atom. The number of amides is 1. The van der Waals surface area contributed by atoms with Crippen LogP contribution < -0.4 is 10.1 Å². The molecule has 0 radical (unpaired) electrons. The maximum absolute atomic E-state index is 12.3. The molecule has 3 aromatic rings. The number of allylic oxidation sites excluding steroid dienone is 1. The molecule has 2 aromatic carbocycles. The number of rotatable bonds is 9. The number of carbonyl (C=O) groups is 1. The van der Waals surface area contributed by atoms with E-state index in [0.717, 1.165) is 11.1 Å². The zero-order valence-corrected chi connectivity index (χ0v) is 18.6. The highest BCUT2D eigenvalue weighted by Crippen LogP contribution is 2.33. The van der Waals surface area contributed by atoms with Crippen LogP contribution in [-0.4, -0.2) is 33.5 Å². The van der Waals surface area contributed by atoms with E-state index in [-0.39, 0.29) is 11.7 Å². The number of halogens is 2. The van der Waals surface area contributed by atoms with Gasteiger partial charge in [-0.3, -0.25) is 9.36 Å². The first-order valence-electron chi connectivity index (χ1n) is 9.03. The van der Waals surface area contributed by atoms with Crippen molar-refractivity contribution in [3.63, 3.8) is 0 Å². The largest absolute Gasteiger partial charge is 0.496 e. The monoisotopic (exact) mass is 462 g/mol. The highest BCUT2D eigenvalue weighted by molar-refractivity contribution is 7.99. The first-order valence-corrected chi connectivity index (χ1v) is 10.8. The van der Waals surface area contributed by atoms with Crippen LogP contribution in [0.15, 0.2) is 60.3 Å². The molecule has 1 aromatic heterocycles. The highest BCUT2D eigenvalue weighted by Gasteiger charge is 2.18. The molecule has 30 heavy (non-hydrogen) atoms. The van der Waals surface area contributed by atoms with E-state index >= 15 is 0 Å². The highest BCUT2D eigenvalue weighted by atomic mass is 35.5. The Kier molecular flexibility index (Phi) is 7.79. The third-order valence-electron chi connectivity index (χ3n) is 4.17. The van der Waals surface area contributed by atoms with Crippen molar-refractivity contribution in [3.05, 3.63) is 70.7 Å². The fraction of sp³-hybridized carbons (Fsp3) is 0.190. The Morgan fingerprint density at radius 3 is 2.63 bits per heavy atom. The van der Waals surface area contributed by atoms with Gasteiger partial charge in [0.2, 0.25) is 5.91 Å².